The molecule has 1 amide bonds. The second kappa shape index (κ2) is 6.14. The van der Waals surface area contributed by atoms with Crippen LogP contribution in [0.4, 0.5) is 0 Å². The van der Waals surface area contributed by atoms with Gasteiger partial charge in [-0.05, 0) is 31.9 Å². The Morgan fingerprint density at radius 2 is 2.05 bits per heavy atom. The van der Waals surface area contributed by atoms with Crippen molar-refractivity contribution in [3.63, 3.8) is 0 Å². The van der Waals surface area contributed by atoms with E-state index in [-0.39, 0.29) is 11.9 Å². The van der Waals surface area contributed by atoms with Gasteiger partial charge in [0.25, 0.3) is 5.91 Å². The molecule has 1 saturated carbocycles. The molecule has 1 aromatic carbocycles. The fourth-order valence-corrected chi connectivity index (χ4v) is 3.71. The maximum absolute atomic E-state index is 12.7. The molecular weight excluding hydrogens is 328 g/mol. The van der Waals surface area contributed by atoms with Gasteiger partial charge in [-0.1, -0.05) is 47.0 Å². The van der Waals surface area contributed by atoms with Crippen molar-refractivity contribution in [2.24, 2.45) is 0 Å². The zero-order valence-corrected chi connectivity index (χ0v) is 13.7. The normalized spacial score (nSPS) is 22.2. The van der Waals surface area contributed by atoms with Crippen LogP contribution in [0.2, 0.25) is 0 Å². The van der Waals surface area contributed by atoms with Crippen LogP contribution in [-0.4, -0.2) is 21.8 Å². The Bertz CT molecular complexity index is 671. The smallest absolute Gasteiger partial charge is 0.252 e. The molecule has 4 heteroatoms. The van der Waals surface area contributed by atoms with Crippen molar-refractivity contribution in [2.45, 2.75) is 43.5 Å². The van der Waals surface area contributed by atoms with E-state index in [2.05, 4.69) is 26.2 Å². The first kappa shape index (κ1) is 14.5. The fraction of sp³-hybridized carbons (Fsp3) is 0.412. The van der Waals surface area contributed by atoms with Crippen LogP contribution in [-0.2, 0) is 0 Å². The SMILES string of the molecule is Cc1cc(C(=O)NC2CCCCC2Br)c2ccccc2n1. The summed E-state index contributed by atoms with van der Waals surface area (Å²) in [6, 6.07) is 9.91. The number of pyridine rings is 1. The summed E-state index contributed by atoms with van der Waals surface area (Å²) in [5, 5.41) is 4.11. The highest BCUT2D eigenvalue weighted by atomic mass is 79.9. The number of halogens is 1. The third kappa shape index (κ3) is 3.10. The second-order valence-corrected chi connectivity index (χ2v) is 6.88. The molecule has 3 nitrogen and oxygen atoms in total. The summed E-state index contributed by atoms with van der Waals surface area (Å²) in [4.78, 5) is 17.5. The second-order valence-electron chi connectivity index (χ2n) is 5.71. The van der Waals surface area contributed by atoms with Gasteiger partial charge >= 0.3 is 0 Å². The minimum atomic E-state index is 0.00745. The van der Waals surface area contributed by atoms with Gasteiger partial charge in [0.1, 0.15) is 0 Å². The summed E-state index contributed by atoms with van der Waals surface area (Å²) in [5.74, 6) is 0.00745. The Kier molecular flexibility index (Phi) is 4.24. The molecule has 2 atom stereocenters. The van der Waals surface area contributed by atoms with Crippen molar-refractivity contribution >= 4 is 32.7 Å². The predicted molar refractivity (Wildman–Crippen MR) is 88.9 cm³/mol. The average molecular weight is 347 g/mol. The number of nitrogens with zero attached hydrogens (tertiary/aromatic N) is 1. The molecule has 1 N–H and O–H groups in total. The van der Waals surface area contributed by atoms with Crippen LogP contribution in [0.1, 0.15) is 41.7 Å². The number of aryl methyl sites for hydroxylation is 1. The maximum Gasteiger partial charge on any atom is 0.252 e. The van der Waals surface area contributed by atoms with Crippen molar-refractivity contribution in [3.05, 3.63) is 41.6 Å². The number of aromatic nitrogens is 1. The van der Waals surface area contributed by atoms with E-state index in [9.17, 15) is 4.79 Å². The Hall–Kier alpha value is -1.42. The topological polar surface area (TPSA) is 42.0 Å². The number of para-hydroxylation sites is 1. The van der Waals surface area contributed by atoms with E-state index in [1.165, 1.54) is 12.8 Å². The molecule has 110 valence electrons. The van der Waals surface area contributed by atoms with Crippen molar-refractivity contribution in [1.29, 1.82) is 0 Å². The number of nitrogens with one attached hydrogen (secondary N) is 1. The predicted octanol–water partition coefficient (Wildman–Crippen LogP) is 3.98. The van der Waals surface area contributed by atoms with E-state index in [1.54, 1.807) is 0 Å². The van der Waals surface area contributed by atoms with Crippen LogP contribution in [0.3, 0.4) is 0 Å². The summed E-state index contributed by atoms with van der Waals surface area (Å²) in [6.45, 7) is 1.93. The zero-order valence-electron chi connectivity index (χ0n) is 12.1. The third-order valence-electron chi connectivity index (χ3n) is 4.09. The van der Waals surface area contributed by atoms with Crippen LogP contribution < -0.4 is 5.32 Å². The van der Waals surface area contributed by atoms with E-state index >= 15 is 0 Å². The lowest BCUT2D eigenvalue weighted by molar-refractivity contribution is 0.0931. The lowest BCUT2D eigenvalue weighted by Gasteiger charge is -2.28. The summed E-state index contributed by atoms with van der Waals surface area (Å²) in [5.41, 5.74) is 2.47. The largest absolute Gasteiger partial charge is 0.348 e. The molecule has 1 aromatic heterocycles. The quantitative estimate of drug-likeness (QED) is 0.835. The molecule has 0 aliphatic heterocycles. The monoisotopic (exact) mass is 346 g/mol. The number of alkyl halides is 1. The van der Waals surface area contributed by atoms with Gasteiger partial charge in [-0.25, -0.2) is 0 Å². The first-order chi connectivity index (χ1) is 10.1. The molecular formula is C17H19BrN2O. The van der Waals surface area contributed by atoms with Gasteiger partial charge < -0.3 is 5.32 Å². The Morgan fingerprint density at radius 3 is 2.86 bits per heavy atom. The molecule has 1 heterocycles. The van der Waals surface area contributed by atoms with Gasteiger partial charge in [0.15, 0.2) is 0 Å². The maximum atomic E-state index is 12.7. The molecule has 1 fully saturated rings. The molecule has 2 unspecified atom stereocenters. The number of fused-ring (bicyclic) bond motifs is 1. The van der Waals surface area contributed by atoms with Crippen molar-refractivity contribution < 1.29 is 4.79 Å². The summed E-state index contributed by atoms with van der Waals surface area (Å²) >= 11 is 3.69. The zero-order chi connectivity index (χ0) is 14.8. The van der Waals surface area contributed by atoms with E-state index in [4.69, 9.17) is 0 Å². The summed E-state index contributed by atoms with van der Waals surface area (Å²) in [7, 11) is 0. The van der Waals surface area contributed by atoms with Crippen LogP contribution >= 0.6 is 15.9 Å². The van der Waals surface area contributed by atoms with Crippen molar-refractivity contribution in [3.8, 4) is 0 Å². The van der Waals surface area contributed by atoms with E-state index in [0.717, 1.165) is 35.0 Å². The number of amides is 1. The van der Waals surface area contributed by atoms with Crippen molar-refractivity contribution in [2.75, 3.05) is 0 Å². The van der Waals surface area contributed by atoms with Crippen molar-refractivity contribution in [1.82, 2.24) is 10.3 Å². The molecule has 2 aromatic rings. The van der Waals surface area contributed by atoms with E-state index in [1.807, 2.05) is 37.3 Å². The molecule has 1 aliphatic rings. The lowest BCUT2D eigenvalue weighted by atomic mass is 9.95. The minimum Gasteiger partial charge on any atom is -0.348 e. The van der Waals surface area contributed by atoms with Crippen LogP contribution in [0, 0.1) is 6.92 Å². The highest BCUT2D eigenvalue weighted by Gasteiger charge is 2.25. The Morgan fingerprint density at radius 1 is 1.29 bits per heavy atom. The first-order valence-electron chi connectivity index (χ1n) is 7.46. The van der Waals surface area contributed by atoms with E-state index in [0.29, 0.717) is 4.83 Å². The van der Waals surface area contributed by atoms with Crippen LogP contribution in [0.15, 0.2) is 30.3 Å². The summed E-state index contributed by atoms with van der Waals surface area (Å²) in [6.07, 6.45) is 4.59. The molecule has 21 heavy (non-hydrogen) atoms. The highest BCUT2D eigenvalue weighted by Crippen LogP contribution is 2.25. The first-order valence-corrected chi connectivity index (χ1v) is 8.38. The molecule has 1 aliphatic carbocycles. The molecule has 0 radical (unpaired) electrons. The third-order valence-corrected chi connectivity index (χ3v) is 5.18. The van der Waals surface area contributed by atoms with E-state index < -0.39 is 0 Å². The van der Waals surface area contributed by atoms with Gasteiger partial charge in [0.05, 0.1) is 11.1 Å². The number of benzene rings is 1. The molecule has 0 saturated heterocycles. The Labute approximate surface area is 133 Å². The fourth-order valence-electron chi connectivity index (χ4n) is 2.99. The van der Waals surface area contributed by atoms with Gasteiger partial charge in [0, 0.05) is 21.9 Å². The van der Waals surface area contributed by atoms with Crippen LogP contribution in [0.5, 0.6) is 0 Å². The molecule has 0 bridgehead atoms. The average Bonchev–Trinajstić information content (AvgIpc) is 2.48. The van der Waals surface area contributed by atoms with Gasteiger partial charge in [-0.2, -0.15) is 0 Å². The highest BCUT2D eigenvalue weighted by molar-refractivity contribution is 9.09. The van der Waals surface area contributed by atoms with Crippen LogP contribution in [0.25, 0.3) is 10.9 Å². The van der Waals surface area contributed by atoms with Gasteiger partial charge in [-0.3, -0.25) is 9.78 Å². The Balaban J connectivity index is 1.90. The molecule has 3 rings (SSSR count). The number of carbonyl (C=O) groups is 1. The summed E-state index contributed by atoms with van der Waals surface area (Å²) < 4.78 is 0. The van der Waals surface area contributed by atoms with Gasteiger partial charge in [-0.15, -0.1) is 0 Å². The van der Waals surface area contributed by atoms with Gasteiger partial charge in [0.2, 0.25) is 0 Å². The number of carbonyl (C=O) groups excluding carboxylic acids is 1. The standard InChI is InChI=1S/C17H19BrN2O/c1-11-10-13(12-6-2-4-8-15(12)19-11)17(21)20-16-9-5-3-7-14(16)18/h2,4,6,8,10,14,16H,3,5,7,9H2,1H3,(H,20,21). The minimum absolute atomic E-state index is 0.00745. The number of rotatable bonds is 2. The molecule has 0 spiro atoms. The number of hydrogen-bond acceptors (Lipinski definition) is 2. The lowest BCUT2D eigenvalue weighted by Crippen LogP contribution is -2.42. The number of hydrogen-bond donors (Lipinski definition) is 1.